The van der Waals surface area contributed by atoms with Crippen LogP contribution in [-0.2, 0) is 10.1 Å². The smallest absolute Gasteiger partial charge is 0.292 e. The first-order valence-electron chi connectivity index (χ1n) is 10.7. The van der Waals surface area contributed by atoms with Gasteiger partial charge in [0.05, 0.1) is 4.90 Å². The van der Waals surface area contributed by atoms with E-state index in [1.165, 1.54) is 34.7 Å². The lowest BCUT2D eigenvalue weighted by Gasteiger charge is -2.05. The second kappa shape index (κ2) is 8.20. The maximum atomic E-state index is 13.5. The van der Waals surface area contributed by atoms with Crippen LogP contribution >= 0.6 is 0 Å². The van der Waals surface area contributed by atoms with Gasteiger partial charge in [-0.2, -0.15) is 8.80 Å². The molecule has 6 rings (SSSR count). The van der Waals surface area contributed by atoms with Gasteiger partial charge in [-0.25, -0.2) is 12.8 Å². The molecule has 0 aliphatic carbocycles. The molecule has 34 heavy (non-hydrogen) atoms. The van der Waals surface area contributed by atoms with E-state index in [1.807, 2.05) is 25.1 Å². The van der Waals surface area contributed by atoms with E-state index in [0.717, 1.165) is 27.6 Å². The maximum Gasteiger partial charge on any atom is 0.292 e. The molecule has 6 aromatic rings. The average molecular weight is 473 g/mol. The predicted molar refractivity (Wildman–Crippen MR) is 129 cm³/mol. The highest BCUT2D eigenvalue weighted by Gasteiger charge is 2.16. The number of fused-ring (bicyclic) bond motifs is 7. The summed E-state index contributed by atoms with van der Waals surface area (Å²) >= 11 is 0. The summed E-state index contributed by atoms with van der Waals surface area (Å²) in [5, 5.41) is 2.12. The number of halogens is 1. The largest absolute Gasteiger partial charge is 0.744 e. The van der Waals surface area contributed by atoms with Crippen molar-refractivity contribution in [1.29, 1.82) is 0 Å². The minimum Gasteiger partial charge on any atom is -0.744 e. The zero-order valence-electron chi connectivity index (χ0n) is 18.6. The molecule has 3 aromatic carbocycles. The van der Waals surface area contributed by atoms with Gasteiger partial charge in [-0.1, -0.05) is 29.3 Å². The number of pyridine rings is 2. The van der Waals surface area contributed by atoms with Gasteiger partial charge in [0.25, 0.3) is 5.65 Å². The summed E-state index contributed by atoms with van der Waals surface area (Å²) in [6.45, 7) is 3.92. The molecule has 0 fully saturated rings. The number of hydrogen-bond donors (Lipinski definition) is 0. The van der Waals surface area contributed by atoms with Crippen LogP contribution in [0.4, 0.5) is 4.39 Å². The lowest BCUT2D eigenvalue weighted by molar-refractivity contribution is -0.479. The fourth-order valence-electron chi connectivity index (χ4n) is 4.16. The van der Waals surface area contributed by atoms with E-state index in [1.54, 1.807) is 18.2 Å². The van der Waals surface area contributed by atoms with Gasteiger partial charge in [-0.15, -0.1) is 0 Å². The van der Waals surface area contributed by atoms with Crippen LogP contribution < -0.4 is 4.40 Å². The van der Waals surface area contributed by atoms with Crippen molar-refractivity contribution in [2.75, 3.05) is 0 Å². The second-order valence-corrected chi connectivity index (χ2v) is 9.70. The van der Waals surface area contributed by atoms with Crippen LogP contribution in [-0.4, -0.2) is 17.4 Å². The molecular formula is C27H21FN2O3S. The third-order valence-corrected chi connectivity index (χ3v) is 6.67. The fourth-order valence-corrected chi connectivity index (χ4v) is 4.63. The Morgan fingerprint density at radius 1 is 0.794 bits per heavy atom. The number of rotatable bonds is 1. The lowest BCUT2D eigenvalue weighted by Crippen LogP contribution is -2.19. The van der Waals surface area contributed by atoms with E-state index in [2.05, 4.69) is 52.3 Å². The minimum atomic E-state index is -4.27. The first kappa shape index (κ1) is 22.0. The molecule has 0 saturated heterocycles. The molecule has 3 aromatic heterocycles. The van der Waals surface area contributed by atoms with Crippen molar-refractivity contribution in [2.45, 2.75) is 18.7 Å². The Labute approximate surface area is 196 Å². The SMILES string of the molecule is Cc1ccc(S(=O)(=O)[O-])cc1.Cc1ccc2c(ccc3n4c(ccc5cc(F)ccc54)c[n+]23)c1. The molecule has 0 N–H and O–H groups in total. The highest BCUT2D eigenvalue weighted by atomic mass is 32.2. The van der Waals surface area contributed by atoms with E-state index >= 15 is 0 Å². The molecule has 0 aliphatic heterocycles. The molecule has 170 valence electrons. The van der Waals surface area contributed by atoms with E-state index in [-0.39, 0.29) is 10.7 Å². The highest BCUT2D eigenvalue weighted by Crippen LogP contribution is 2.22. The van der Waals surface area contributed by atoms with Crippen molar-refractivity contribution in [3.63, 3.8) is 0 Å². The molecule has 7 heteroatoms. The normalized spacial score (nSPS) is 11.8. The summed E-state index contributed by atoms with van der Waals surface area (Å²) in [5.74, 6) is -0.207. The van der Waals surface area contributed by atoms with Crippen molar-refractivity contribution in [3.05, 3.63) is 108 Å². The number of nitrogens with zero attached hydrogens (tertiary/aromatic N) is 2. The molecule has 3 heterocycles. The first-order valence-corrected chi connectivity index (χ1v) is 12.1. The summed E-state index contributed by atoms with van der Waals surface area (Å²) in [4.78, 5) is -0.178. The Balaban J connectivity index is 0.000000186. The molecule has 0 bridgehead atoms. The van der Waals surface area contributed by atoms with Gasteiger partial charge in [0, 0.05) is 16.8 Å². The standard InChI is InChI=1S/C20H14FN2.C7H8O3S/c1-13-2-7-18-14(10-13)4-9-20-22(18)12-17-6-3-15-11-16(21)5-8-19(15)23(17)20;1-6-2-4-7(5-3-6)11(8,9)10/h2-12H,1H3;2-5H,1H3,(H,8,9,10)/q+1;/p-1. The highest BCUT2D eigenvalue weighted by molar-refractivity contribution is 7.85. The van der Waals surface area contributed by atoms with Gasteiger partial charge < -0.3 is 4.55 Å². The number of aryl methyl sites for hydroxylation is 2. The van der Waals surface area contributed by atoms with Gasteiger partial charge in [0.1, 0.15) is 33.2 Å². The Bertz CT molecular complexity index is 1810. The van der Waals surface area contributed by atoms with Crippen LogP contribution in [0, 0.1) is 19.7 Å². The van der Waals surface area contributed by atoms with Crippen molar-refractivity contribution < 1.29 is 21.8 Å². The second-order valence-electron chi connectivity index (χ2n) is 8.32. The summed E-state index contributed by atoms with van der Waals surface area (Å²) in [7, 11) is -4.27. The molecule has 0 atom stereocenters. The summed E-state index contributed by atoms with van der Waals surface area (Å²) < 4.78 is 49.0. The zero-order chi connectivity index (χ0) is 24.0. The van der Waals surface area contributed by atoms with E-state index in [9.17, 15) is 17.4 Å². The minimum absolute atomic E-state index is 0.178. The predicted octanol–water partition coefficient (Wildman–Crippen LogP) is 5.33. The third kappa shape index (κ3) is 4.00. The quantitative estimate of drug-likeness (QED) is 0.240. The Morgan fingerprint density at radius 3 is 2.24 bits per heavy atom. The molecular weight excluding hydrogens is 451 g/mol. The number of hydrogen-bond acceptors (Lipinski definition) is 3. The number of imidazole rings is 1. The molecule has 5 nitrogen and oxygen atoms in total. The lowest BCUT2D eigenvalue weighted by atomic mass is 10.1. The van der Waals surface area contributed by atoms with Crippen LogP contribution in [0.15, 0.2) is 96.0 Å². The van der Waals surface area contributed by atoms with Crippen LogP contribution in [0.2, 0.25) is 0 Å². The molecule has 0 aliphatic rings. The Morgan fingerprint density at radius 2 is 1.50 bits per heavy atom. The summed E-state index contributed by atoms with van der Waals surface area (Å²) in [5.41, 5.74) is 6.54. The third-order valence-electron chi connectivity index (χ3n) is 5.82. The van der Waals surface area contributed by atoms with Crippen molar-refractivity contribution in [2.24, 2.45) is 0 Å². The molecule has 0 radical (unpaired) electrons. The summed E-state index contributed by atoms with van der Waals surface area (Å²) in [6.07, 6.45) is 2.13. The number of aromatic nitrogens is 2. The molecule has 0 spiro atoms. The van der Waals surface area contributed by atoms with Gasteiger partial charge in [0.15, 0.2) is 5.52 Å². The van der Waals surface area contributed by atoms with Crippen molar-refractivity contribution in [1.82, 2.24) is 4.40 Å². The van der Waals surface area contributed by atoms with Gasteiger partial charge >= 0.3 is 0 Å². The van der Waals surface area contributed by atoms with Crippen molar-refractivity contribution in [3.8, 4) is 0 Å². The van der Waals surface area contributed by atoms with Gasteiger partial charge in [-0.05, 0) is 74.5 Å². The molecule has 0 saturated carbocycles. The molecule has 0 amide bonds. The van der Waals surface area contributed by atoms with Gasteiger partial charge in [-0.3, -0.25) is 0 Å². The van der Waals surface area contributed by atoms with Gasteiger partial charge in [0.2, 0.25) is 0 Å². The topological polar surface area (TPSA) is 65.7 Å². The van der Waals surface area contributed by atoms with E-state index in [0.29, 0.717) is 0 Å². The first-order chi connectivity index (χ1) is 16.2. The maximum absolute atomic E-state index is 13.5. The monoisotopic (exact) mass is 472 g/mol. The summed E-state index contributed by atoms with van der Waals surface area (Å²) in [6, 6.07) is 25.5. The average Bonchev–Trinajstić information content (AvgIpc) is 3.18. The van der Waals surface area contributed by atoms with E-state index < -0.39 is 10.1 Å². The zero-order valence-corrected chi connectivity index (χ0v) is 19.4. The fraction of sp³-hybridized carbons (Fsp3) is 0.0741. The van der Waals surface area contributed by atoms with Crippen LogP contribution in [0.25, 0.3) is 33.0 Å². The van der Waals surface area contributed by atoms with Crippen LogP contribution in [0.3, 0.4) is 0 Å². The van der Waals surface area contributed by atoms with E-state index in [4.69, 9.17) is 0 Å². The van der Waals surface area contributed by atoms with Crippen LogP contribution in [0.1, 0.15) is 11.1 Å². The Kier molecular flexibility index (Phi) is 5.31. The number of benzene rings is 3. The van der Waals surface area contributed by atoms with Crippen molar-refractivity contribution >= 4 is 43.1 Å². The van der Waals surface area contributed by atoms with Crippen LogP contribution in [0.5, 0.6) is 0 Å². The Hall–Kier alpha value is -3.81. The molecule has 0 unspecified atom stereocenters.